The molecule has 0 aliphatic carbocycles. The Labute approximate surface area is 170 Å². The Morgan fingerprint density at radius 2 is 1.59 bits per heavy atom. The van der Waals surface area contributed by atoms with Gasteiger partial charge in [-0.1, -0.05) is 18.2 Å². The first-order chi connectivity index (χ1) is 14.1. The molecular weight excluding hydrogens is 370 g/mol. The van der Waals surface area contributed by atoms with Crippen LogP contribution in [-0.2, 0) is 22.7 Å². The molecule has 29 heavy (non-hydrogen) atoms. The topological polar surface area (TPSA) is 66.9 Å². The van der Waals surface area contributed by atoms with Crippen molar-refractivity contribution in [2.24, 2.45) is 0 Å². The van der Waals surface area contributed by atoms with E-state index in [-0.39, 0.29) is 6.61 Å². The van der Waals surface area contributed by atoms with Crippen LogP contribution >= 0.6 is 0 Å². The summed E-state index contributed by atoms with van der Waals surface area (Å²) in [5, 5.41) is 0. The highest BCUT2D eigenvalue weighted by Crippen LogP contribution is 2.19. The van der Waals surface area contributed by atoms with Crippen molar-refractivity contribution in [1.29, 1.82) is 0 Å². The number of carbonyl (C=O) groups excluding carboxylic acids is 1. The first-order valence-electron chi connectivity index (χ1n) is 9.23. The lowest BCUT2D eigenvalue weighted by molar-refractivity contribution is -0.152. The van der Waals surface area contributed by atoms with Crippen LogP contribution in [0.1, 0.15) is 18.2 Å². The van der Waals surface area contributed by atoms with Crippen molar-refractivity contribution >= 4 is 5.97 Å². The van der Waals surface area contributed by atoms with E-state index in [4.69, 9.17) is 18.9 Å². The predicted octanol–water partition coefficient (Wildman–Crippen LogP) is 4.18. The Morgan fingerprint density at radius 3 is 2.24 bits per heavy atom. The molecule has 0 aliphatic rings. The Balaban J connectivity index is 1.44. The summed E-state index contributed by atoms with van der Waals surface area (Å²) in [5.41, 5.74) is 1.72. The molecule has 0 saturated heterocycles. The summed E-state index contributed by atoms with van der Waals surface area (Å²) in [6.45, 7) is 2.21. The van der Waals surface area contributed by atoms with E-state index < -0.39 is 12.1 Å². The van der Waals surface area contributed by atoms with Crippen LogP contribution < -0.4 is 14.2 Å². The van der Waals surface area contributed by atoms with Crippen LogP contribution in [0.4, 0.5) is 0 Å². The quantitative estimate of drug-likeness (QED) is 0.508. The van der Waals surface area contributed by atoms with Gasteiger partial charge >= 0.3 is 5.97 Å². The van der Waals surface area contributed by atoms with Crippen LogP contribution in [0.2, 0.25) is 0 Å². The van der Waals surface area contributed by atoms with E-state index >= 15 is 0 Å². The zero-order chi connectivity index (χ0) is 20.5. The number of nitrogens with zero attached hydrogens (tertiary/aromatic N) is 1. The van der Waals surface area contributed by atoms with Gasteiger partial charge < -0.3 is 18.9 Å². The number of hydrogen-bond acceptors (Lipinski definition) is 6. The fourth-order valence-corrected chi connectivity index (χ4v) is 2.50. The maximum atomic E-state index is 12.2. The van der Waals surface area contributed by atoms with Crippen molar-refractivity contribution < 1.29 is 23.7 Å². The minimum atomic E-state index is -0.718. The van der Waals surface area contributed by atoms with E-state index in [1.165, 1.54) is 0 Å². The molecular formula is C23H23NO5. The zero-order valence-electron chi connectivity index (χ0n) is 16.4. The summed E-state index contributed by atoms with van der Waals surface area (Å²) in [6, 6.07) is 20.1. The third-order valence-corrected chi connectivity index (χ3v) is 4.12. The van der Waals surface area contributed by atoms with E-state index in [9.17, 15) is 4.79 Å². The van der Waals surface area contributed by atoms with Gasteiger partial charge in [0, 0.05) is 6.20 Å². The highest BCUT2D eigenvalue weighted by molar-refractivity contribution is 5.74. The lowest BCUT2D eigenvalue weighted by atomic mass is 10.2. The number of ether oxygens (including phenoxy) is 4. The molecule has 0 spiro atoms. The van der Waals surface area contributed by atoms with E-state index in [1.807, 2.05) is 42.5 Å². The molecule has 3 rings (SSSR count). The Kier molecular flexibility index (Phi) is 7.05. The number of hydrogen-bond donors (Lipinski definition) is 0. The Hall–Kier alpha value is -3.54. The molecule has 1 aromatic heterocycles. The molecule has 0 fully saturated rings. The van der Waals surface area contributed by atoms with Gasteiger partial charge in [-0.3, -0.25) is 4.98 Å². The number of benzene rings is 2. The smallest absolute Gasteiger partial charge is 0.347 e. The van der Waals surface area contributed by atoms with Crippen LogP contribution in [0.3, 0.4) is 0 Å². The summed E-state index contributed by atoms with van der Waals surface area (Å²) < 4.78 is 21.7. The van der Waals surface area contributed by atoms with Crippen molar-refractivity contribution in [3.05, 3.63) is 84.2 Å². The van der Waals surface area contributed by atoms with Crippen molar-refractivity contribution in [2.45, 2.75) is 26.2 Å². The second-order valence-corrected chi connectivity index (χ2v) is 6.30. The van der Waals surface area contributed by atoms with E-state index in [2.05, 4.69) is 4.98 Å². The van der Waals surface area contributed by atoms with Gasteiger partial charge in [0.25, 0.3) is 0 Å². The van der Waals surface area contributed by atoms with Gasteiger partial charge in [0.15, 0.2) is 6.10 Å². The molecule has 0 bridgehead atoms. The summed E-state index contributed by atoms with van der Waals surface area (Å²) in [7, 11) is 1.59. The van der Waals surface area contributed by atoms with Crippen molar-refractivity contribution in [3.8, 4) is 17.2 Å². The molecule has 1 unspecified atom stereocenters. The molecule has 1 atom stereocenters. The molecule has 0 N–H and O–H groups in total. The SMILES string of the molecule is COc1ccc(OC(C)C(=O)OCc2ccc(OCc3ccccn3)cc2)cc1. The first kappa shape index (κ1) is 20.2. The van der Waals surface area contributed by atoms with Crippen LogP contribution in [0.25, 0.3) is 0 Å². The number of methoxy groups -OCH3 is 1. The molecule has 6 heteroatoms. The average Bonchev–Trinajstić information content (AvgIpc) is 2.78. The third-order valence-electron chi connectivity index (χ3n) is 4.12. The Bertz CT molecular complexity index is 895. The molecule has 0 aliphatic heterocycles. The summed E-state index contributed by atoms with van der Waals surface area (Å²) >= 11 is 0. The first-order valence-corrected chi connectivity index (χ1v) is 9.23. The fourth-order valence-electron chi connectivity index (χ4n) is 2.50. The molecule has 0 saturated carbocycles. The van der Waals surface area contributed by atoms with Crippen LogP contribution in [0.5, 0.6) is 17.2 Å². The van der Waals surface area contributed by atoms with Gasteiger partial charge in [0.1, 0.15) is 30.5 Å². The second kappa shape index (κ2) is 10.1. The zero-order valence-corrected chi connectivity index (χ0v) is 16.4. The van der Waals surface area contributed by atoms with Crippen LogP contribution in [0, 0.1) is 0 Å². The molecule has 2 aromatic carbocycles. The largest absolute Gasteiger partial charge is 0.497 e. The van der Waals surface area contributed by atoms with E-state index in [1.54, 1.807) is 44.5 Å². The normalized spacial score (nSPS) is 11.4. The number of pyridine rings is 1. The summed E-state index contributed by atoms with van der Waals surface area (Å²) in [4.78, 5) is 16.4. The minimum absolute atomic E-state index is 0.162. The van der Waals surface area contributed by atoms with Crippen molar-refractivity contribution in [1.82, 2.24) is 4.98 Å². The highest BCUT2D eigenvalue weighted by Gasteiger charge is 2.16. The molecule has 0 radical (unpaired) electrons. The van der Waals surface area contributed by atoms with Gasteiger partial charge in [-0.15, -0.1) is 0 Å². The van der Waals surface area contributed by atoms with Gasteiger partial charge in [0.05, 0.1) is 12.8 Å². The van der Waals surface area contributed by atoms with Crippen LogP contribution in [0.15, 0.2) is 72.9 Å². The second-order valence-electron chi connectivity index (χ2n) is 6.30. The van der Waals surface area contributed by atoms with E-state index in [0.717, 1.165) is 22.8 Å². The van der Waals surface area contributed by atoms with Gasteiger partial charge in [-0.05, 0) is 61.0 Å². The van der Waals surface area contributed by atoms with Gasteiger partial charge in [-0.2, -0.15) is 0 Å². The third kappa shape index (κ3) is 6.24. The number of rotatable bonds is 9. The monoisotopic (exact) mass is 393 g/mol. The minimum Gasteiger partial charge on any atom is -0.497 e. The lowest BCUT2D eigenvalue weighted by Crippen LogP contribution is -2.26. The molecule has 6 nitrogen and oxygen atoms in total. The van der Waals surface area contributed by atoms with Crippen molar-refractivity contribution in [2.75, 3.05) is 7.11 Å². The molecule has 3 aromatic rings. The number of aromatic nitrogens is 1. The van der Waals surface area contributed by atoms with Crippen molar-refractivity contribution in [3.63, 3.8) is 0 Å². The average molecular weight is 393 g/mol. The standard InChI is InChI=1S/C23H23NO5/c1-17(29-22-12-10-20(26-2)11-13-22)23(25)28-15-18-6-8-21(9-7-18)27-16-19-5-3-4-14-24-19/h3-14,17H,15-16H2,1-2H3. The predicted molar refractivity (Wildman–Crippen MR) is 108 cm³/mol. The highest BCUT2D eigenvalue weighted by atomic mass is 16.6. The number of esters is 1. The Morgan fingerprint density at radius 1 is 0.897 bits per heavy atom. The van der Waals surface area contributed by atoms with E-state index in [0.29, 0.717) is 12.4 Å². The maximum absolute atomic E-state index is 12.2. The molecule has 0 amide bonds. The van der Waals surface area contributed by atoms with Gasteiger partial charge in [0.2, 0.25) is 0 Å². The lowest BCUT2D eigenvalue weighted by Gasteiger charge is -2.14. The molecule has 150 valence electrons. The van der Waals surface area contributed by atoms with Crippen LogP contribution in [-0.4, -0.2) is 24.2 Å². The summed E-state index contributed by atoms with van der Waals surface area (Å²) in [5.74, 6) is 1.59. The molecule has 1 heterocycles. The van der Waals surface area contributed by atoms with Gasteiger partial charge in [-0.25, -0.2) is 4.79 Å². The summed E-state index contributed by atoms with van der Waals surface area (Å²) in [6.07, 6.45) is 1.01. The maximum Gasteiger partial charge on any atom is 0.347 e. The number of carbonyl (C=O) groups is 1. The fraction of sp³-hybridized carbons (Fsp3) is 0.217.